The highest BCUT2D eigenvalue weighted by Gasteiger charge is 2.24. The van der Waals surface area contributed by atoms with Crippen LogP contribution in [0, 0.1) is 0 Å². The molecule has 3 aromatic rings. The molecule has 0 N–H and O–H groups in total. The zero-order valence-electron chi connectivity index (χ0n) is 14.4. The van der Waals surface area contributed by atoms with E-state index >= 15 is 0 Å². The van der Waals surface area contributed by atoms with Crippen molar-refractivity contribution in [1.82, 2.24) is 9.13 Å². The van der Waals surface area contributed by atoms with E-state index in [1.165, 1.54) is 20.2 Å². The lowest BCUT2D eigenvalue weighted by Crippen LogP contribution is -2.39. The molecule has 0 aliphatic carbocycles. The van der Waals surface area contributed by atoms with E-state index in [-0.39, 0.29) is 10.8 Å². The first-order valence-electron chi connectivity index (χ1n) is 7.77. The average Bonchev–Trinajstić information content (AvgIpc) is 2.65. The minimum absolute atomic E-state index is 0.0709. The van der Waals surface area contributed by atoms with Crippen molar-refractivity contribution in [2.45, 2.75) is 4.90 Å². The molecule has 0 saturated heterocycles. The summed E-state index contributed by atoms with van der Waals surface area (Å²) in [4.78, 5) is 23.2. The Bertz CT molecular complexity index is 1230. The van der Waals surface area contributed by atoms with Crippen LogP contribution in [0.1, 0.15) is 0 Å². The Balaban J connectivity index is 2.00. The van der Waals surface area contributed by atoms with E-state index in [9.17, 15) is 18.0 Å². The van der Waals surface area contributed by atoms with E-state index in [2.05, 4.69) is 0 Å². The Labute approximate surface area is 160 Å². The van der Waals surface area contributed by atoms with Crippen molar-refractivity contribution in [3.05, 3.63) is 80.6 Å². The van der Waals surface area contributed by atoms with Gasteiger partial charge in [-0.3, -0.25) is 9.36 Å². The third-order valence-electron chi connectivity index (χ3n) is 3.92. The summed E-state index contributed by atoms with van der Waals surface area (Å²) in [7, 11) is -1.96. The molecule has 0 bridgehead atoms. The molecule has 0 atom stereocenters. The molecule has 27 heavy (non-hydrogen) atoms. The minimum atomic E-state index is -4.48. The largest absolute Gasteiger partial charge is 0.377 e. The summed E-state index contributed by atoms with van der Waals surface area (Å²) in [6, 6.07) is 14.0. The summed E-state index contributed by atoms with van der Waals surface area (Å²) in [5, 5.41) is 0.0709. The van der Waals surface area contributed by atoms with Gasteiger partial charge in [0.25, 0.3) is 5.56 Å². The smallest absolute Gasteiger partial charge is 0.346 e. The monoisotopic (exact) mass is 406 g/mol. The SMILES string of the molecule is Cn1cc(S(=O)(=O)Oc2ccc(-c3ccccc3)cc2Cl)c(=O)n(C)c1=O. The summed E-state index contributed by atoms with van der Waals surface area (Å²) >= 11 is 6.17. The Hall–Kier alpha value is -2.84. The fourth-order valence-electron chi connectivity index (χ4n) is 2.49. The van der Waals surface area contributed by atoms with Crippen LogP contribution in [0.3, 0.4) is 0 Å². The van der Waals surface area contributed by atoms with Crippen molar-refractivity contribution in [3.63, 3.8) is 0 Å². The highest BCUT2D eigenvalue weighted by Crippen LogP contribution is 2.31. The molecule has 7 nitrogen and oxygen atoms in total. The average molecular weight is 407 g/mol. The molecule has 0 spiro atoms. The molecule has 9 heteroatoms. The van der Waals surface area contributed by atoms with Crippen LogP contribution in [0.25, 0.3) is 11.1 Å². The molecule has 0 fully saturated rings. The van der Waals surface area contributed by atoms with Crippen molar-refractivity contribution in [2.75, 3.05) is 0 Å². The first-order chi connectivity index (χ1) is 12.7. The van der Waals surface area contributed by atoms with Crippen LogP contribution in [0.2, 0.25) is 5.02 Å². The second-order valence-electron chi connectivity index (χ2n) is 5.80. The summed E-state index contributed by atoms with van der Waals surface area (Å²) in [6.45, 7) is 0. The van der Waals surface area contributed by atoms with Gasteiger partial charge in [0, 0.05) is 20.3 Å². The Morgan fingerprint density at radius 2 is 1.63 bits per heavy atom. The molecular weight excluding hydrogens is 392 g/mol. The molecular formula is C18H15ClN2O5S. The number of halogens is 1. The lowest BCUT2D eigenvalue weighted by molar-refractivity contribution is 0.480. The molecule has 140 valence electrons. The van der Waals surface area contributed by atoms with Crippen molar-refractivity contribution in [1.29, 1.82) is 0 Å². The molecule has 0 radical (unpaired) electrons. The standard InChI is InChI=1S/C18H15ClN2O5S/c1-20-11-16(17(22)21(2)18(20)23)27(24,25)26-15-9-8-13(10-14(15)19)12-6-4-3-5-7-12/h3-11H,1-2H3. The second kappa shape index (κ2) is 7.05. The molecule has 3 rings (SSSR count). The summed E-state index contributed by atoms with van der Waals surface area (Å²) < 4.78 is 31.8. The number of rotatable bonds is 4. The van der Waals surface area contributed by atoms with Crippen LogP contribution in [0.4, 0.5) is 0 Å². The van der Waals surface area contributed by atoms with Gasteiger partial charge in [0.05, 0.1) is 5.02 Å². The van der Waals surface area contributed by atoms with Crippen molar-refractivity contribution in [2.24, 2.45) is 14.1 Å². The lowest BCUT2D eigenvalue weighted by atomic mass is 10.1. The maximum atomic E-state index is 12.5. The highest BCUT2D eigenvalue weighted by molar-refractivity contribution is 7.87. The van der Waals surface area contributed by atoms with Crippen molar-refractivity contribution in [3.8, 4) is 16.9 Å². The summed E-state index contributed by atoms with van der Waals surface area (Å²) in [6.07, 6.45) is 0.923. The number of benzene rings is 2. The molecule has 0 aliphatic rings. The fourth-order valence-corrected chi connectivity index (χ4v) is 3.86. The zero-order valence-corrected chi connectivity index (χ0v) is 16.0. The highest BCUT2D eigenvalue weighted by atomic mass is 35.5. The van der Waals surface area contributed by atoms with Gasteiger partial charge in [-0.05, 0) is 23.3 Å². The topological polar surface area (TPSA) is 87.4 Å². The minimum Gasteiger partial charge on any atom is -0.377 e. The molecule has 0 saturated carbocycles. The Kier molecular flexibility index (Phi) is 4.95. The number of hydrogen-bond acceptors (Lipinski definition) is 5. The Morgan fingerprint density at radius 3 is 2.26 bits per heavy atom. The van der Waals surface area contributed by atoms with Gasteiger partial charge in [0.2, 0.25) is 0 Å². The first kappa shape index (κ1) is 18.9. The lowest BCUT2D eigenvalue weighted by Gasteiger charge is -2.11. The van der Waals surface area contributed by atoms with Crippen molar-refractivity contribution >= 4 is 21.7 Å². The van der Waals surface area contributed by atoms with Crippen LogP contribution in [0.5, 0.6) is 5.75 Å². The third-order valence-corrected chi connectivity index (χ3v) is 5.44. The molecule has 0 aliphatic heterocycles. The van der Waals surface area contributed by atoms with Crippen molar-refractivity contribution < 1.29 is 12.6 Å². The van der Waals surface area contributed by atoms with Crippen LogP contribution >= 0.6 is 11.6 Å². The number of nitrogens with zero attached hydrogens (tertiary/aromatic N) is 2. The molecule has 2 aromatic carbocycles. The van der Waals surface area contributed by atoms with E-state index in [1.54, 1.807) is 12.1 Å². The van der Waals surface area contributed by atoms with Gasteiger partial charge in [0.15, 0.2) is 10.6 Å². The van der Waals surface area contributed by atoms with Gasteiger partial charge in [-0.2, -0.15) is 8.42 Å². The fraction of sp³-hybridized carbons (Fsp3) is 0.111. The van der Waals surface area contributed by atoms with Gasteiger partial charge in [-0.15, -0.1) is 0 Å². The summed E-state index contributed by atoms with van der Waals surface area (Å²) in [5.41, 5.74) is 0.0587. The molecule has 0 unspecified atom stereocenters. The number of aryl methyl sites for hydroxylation is 1. The van der Waals surface area contributed by atoms with Gasteiger partial charge >= 0.3 is 15.8 Å². The van der Waals surface area contributed by atoms with E-state index in [0.29, 0.717) is 4.57 Å². The first-order valence-corrected chi connectivity index (χ1v) is 9.55. The Morgan fingerprint density at radius 1 is 0.963 bits per heavy atom. The normalized spacial score (nSPS) is 11.4. The molecule has 0 amide bonds. The maximum Gasteiger partial charge on any atom is 0.346 e. The van der Waals surface area contributed by atoms with Gasteiger partial charge in [-0.25, -0.2) is 4.79 Å². The van der Waals surface area contributed by atoms with Crippen LogP contribution in [-0.4, -0.2) is 17.6 Å². The summed E-state index contributed by atoms with van der Waals surface area (Å²) in [5.74, 6) is -0.118. The predicted octanol–water partition coefficient (Wildman–Crippen LogP) is 2.17. The number of aromatic nitrogens is 2. The second-order valence-corrected chi connectivity index (χ2v) is 7.72. The van der Waals surface area contributed by atoms with Gasteiger partial charge in [-0.1, -0.05) is 48.0 Å². The quantitative estimate of drug-likeness (QED) is 0.620. The van der Waals surface area contributed by atoms with Crippen LogP contribution in [-0.2, 0) is 24.2 Å². The van der Waals surface area contributed by atoms with E-state index in [4.69, 9.17) is 15.8 Å². The van der Waals surface area contributed by atoms with Crippen LogP contribution < -0.4 is 15.4 Å². The van der Waals surface area contributed by atoms with Gasteiger partial charge < -0.3 is 8.75 Å². The maximum absolute atomic E-state index is 12.5. The molecule has 1 aromatic heterocycles. The van der Waals surface area contributed by atoms with E-state index in [0.717, 1.165) is 21.9 Å². The van der Waals surface area contributed by atoms with Crippen LogP contribution in [0.15, 0.2) is 69.2 Å². The van der Waals surface area contributed by atoms with E-state index < -0.39 is 26.3 Å². The zero-order chi connectivity index (χ0) is 19.8. The predicted molar refractivity (Wildman–Crippen MR) is 102 cm³/mol. The third kappa shape index (κ3) is 3.67. The van der Waals surface area contributed by atoms with E-state index in [1.807, 2.05) is 30.3 Å². The molecule has 1 heterocycles. The van der Waals surface area contributed by atoms with Gasteiger partial charge in [0.1, 0.15) is 0 Å². The number of hydrogen-bond donors (Lipinski definition) is 0.